The molecule has 0 atom stereocenters. The number of phenolic OH excluding ortho intramolecular Hbond substituents is 1. The van der Waals surface area contributed by atoms with Gasteiger partial charge in [0.15, 0.2) is 5.75 Å². The molecule has 2 N–H and O–H groups in total. The van der Waals surface area contributed by atoms with Crippen molar-refractivity contribution in [1.29, 1.82) is 0 Å². The second-order valence-corrected chi connectivity index (χ2v) is 6.82. The van der Waals surface area contributed by atoms with Gasteiger partial charge in [0.1, 0.15) is 0 Å². The molecular weight excluding hydrogens is 382 g/mol. The number of hydrogen-bond donors (Lipinski definition) is 2. The lowest BCUT2D eigenvalue weighted by Gasteiger charge is -2.25. The van der Waals surface area contributed by atoms with Crippen LogP contribution in [0, 0.1) is 10.1 Å². The minimum Gasteiger partial charge on any atom is -0.502 e. The number of nitrogens with one attached hydrogen (secondary N) is 1. The van der Waals surface area contributed by atoms with Crippen molar-refractivity contribution in [3.63, 3.8) is 0 Å². The predicted octanol–water partition coefficient (Wildman–Crippen LogP) is 4.95. The second-order valence-electron chi connectivity index (χ2n) is 6.82. The number of nitro groups is 1. The standard InChI is InChI=1S/C23H19N3O4/c27-22-12-11-18(15-21(22)26(29)30)24-14-13-23(28)25-19-7-3-1-5-16(19)9-10-17-6-2-4-8-20(17)25/h1-12,15,24,27H,13-14H2. The molecule has 0 unspecified atom stereocenters. The first-order valence-electron chi connectivity index (χ1n) is 9.45. The molecule has 1 aliphatic heterocycles. The largest absolute Gasteiger partial charge is 0.502 e. The van der Waals surface area contributed by atoms with Crippen LogP contribution in [0.4, 0.5) is 22.7 Å². The summed E-state index contributed by atoms with van der Waals surface area (Å²) in [6, 6.07) is 19.5. The molecule has 0 fully saturated rings. The van der Waals surface area contributed by atoms with E-state index in [2.05, 4.69) is 5.32 Å². The second kappa shape index (κ2) is 8.08. The summed E-state index contributed by atoms with van der Waals surface area (Å²) in [6.07, 6.45) is 4.17. The quantitative estimate of drug-likeness (QED) is 0.358. The first-order valence-corrected chi connectivity index (χ1v) is 9.45. The van der Waals surface area contributed by atoms with Crippen LogP contribution < -0.4 is 10.2 Å². The lowest BCUT2D eigenvalue weighted by Crippen LogP contribution is -2.28. The summed E-state index contributed by atoms with van der Waals surface area (Å²) in [5.41, 5.74) is 3.60. The Kier molecular flexibility index (Phi) is 5.17. The smallest absolute Gasteiger partial charge is 0.312 e. The summed E-state index contributed by atoms with van der Waals surface area (Å²) in [5.74, 6) is -0.494. The predicted molar refractivity (Wildman–Crippen MR) is 117 cm³/mol. The van der Waals surface area contributed by atoms with Gasteiger partial charge in [-0.3, -0.25) is 19.8 Å². The topological polar surface area (TPSA) is 95.7 Å². The fourth-order valence-corrected chi connectivity index (χ4v) is 3.45. The number of nitrogens with zero attached hydrogens (tertiary/aromatic N) is 2. The van der Waals surface area contributed by atoms with Crippen molar-refractivity contribution in [3.05, 3.63) is 88.0 Å². The van der Waals surface area contributed by atoms with E-state index in [9.17, 15) is 20.0 Å². The highest BCUT2D eigenvalue weighted by molar-refractivity contribution is 6.06. The molecule has 0 radical (unpaired) electrons. The summed E-state index contributed by atoms with van der Waals surface area (Å²) >= 11 is 0. The first kappa shape index (κ1) is 19.2. The van der Waals surface area contributed by atoms with Gasteiger partial charge in [0.05, 0.1) is 16.3 Å². The number of fused-ring (bicyclic) bond motifs is 2. The van der Waals surface area contributed by atoms with Crippen molar-refractivity contribution in [2.24, 2.45) is 0 Å². The lowest BCUT2D eigenvalue weighted by atomic mass is 10.1. The van der Waals surface area contributed by atoms with Crippen LogP contribution in [0.3, 0.4) is 0 Å². The van der Waals surface area contributed by atoms with Crippen LogP contribution in [0.2, 0.25) is 0 Å². The van der Waals surface area contributed by atoms with Gasteiger partial charge >= 0.3 is 5.69 Å². The van der Waals surface area contributed by atoms with Crippen molar-refractivity contribution in [2.75, 3.05) is 16.8 Å². The van der Waals surface area contributed by atoms with Crippen molar-refractivity contribution in [2.45, 2.75) is 6.42 Å². The molecule has 0 spiro atoms. The highest BCUT2D eigenvalue weighted by Crippen LogP contribution is 2.36. The van der Waals surface area contributed by atoms with E-state index >= 15 is 0 Å². The summed E-state index contributed by atoms with van der Waals surface area (Å²) < 4.78 is 0. The number of benzene rings is 3. The van der Waals surface area contributed by atoms with E-state index in [1.807, 2.05) is 60.7 Å². The van der Waals surface area contributed by atoms with E-state index in [0.717, 1.165) is 22.5 Å². The number of hydrogen-bond acceptors (Lipinski definition) is 5. The van der Waals surface area contributed by atoms with Gasteiger partial charge in [-0.2, -0.15) is 0 Å². The molecule has 4 rings (SSSR count). The summed E-state index contributed by atoms with van der Waals surface area (Å²) in [4.78, 5) is 25.3. The van der Waals surface area contributed by atoms with Crippen LogP contribution >= 0.6 is 0 Å². The average molecular weight is 401 g/mol. The van der Waals surface area contributed by atoms with Gasteiger partial charge in [-0.1, -0.05) is 48.6 Å². The number of rotatable bonds is 5. The third kappa shape index (κ3) is 3.73. The van der Waals surface area contributed by atoms with E-state index in [1.54, 1.807) is 4.90 Å². The Hall–Kier alpha value is -4.13. The molecule has 0 saturated carbocycles. The number of carbonyl (C=O) groups is 1. The average Bonchev–Trinajstić information content (AvgIpc) is 2.91. The maximum absolute atomic E-state index is 13.2. The van der Waals surface area contributed by atoms with Crippen molar-refractivity contribution < 1.29 is 14.8 Å². The Morgan fingerprint density at radius 2 is 1.57 bits per heavy atom. The molecule has 0 aromatic heterocycles. The van der Waals surface area contributed by atoms with Crippen LogP contribution in [0.5, 0.6) is 5.75 Å². The Labute approximate surface area is 173 Å². The molecular formula is C23H19N3O4. The SMILES string of the molecule is O=C(CCNc1ccc(O)c([N+](=O)[O-])c1)N1c2ccccc2C=Cc2ccccc21. The minimum absolute atomic E-state index is 0.0978. The summed E-state index contributed by atoms with van der Waals surface area (Å²) in [6.45, 7) is 0.287. The lowest BCUT2D eigenvalue weighted by molar-refractivity contribution is -0.385. The monoisotopic (exact) mass is 401 g/mol. The number of aromatic hydroxyl groups is 1. The van der Waals surface area contributed by atoms with Crippen molar-refractivity contribution >= 4 is 40.8 Å². The van der Waals surface area contributed by atoms with Gasteiger partial charge in [-0.15, -0.1) is 0 Å². The van der Waals surface area contributed by atoms with Crippen LogP contribution in [-0.4, -0.2) is 22.5 Å². The molecule has 30 heavy (non-hydrogen) atoms. The van der Waals surface area contributed by atoms with E-state index in [1.165, 1.54) is 18.2 Å². The Morgan fingerprint density at radius 3 is 2.17 bits per heavy atom. The number of para-hydroxylation sites is 2. The number of carbonyl (C=O) groups excluding carboxylic acids is 1. The van der Waals surface area contributed by atoms with Crippen LogP contribution in [0.1, 0.15) is 17.5 Å². The van der Waals surface area contributed by atoms with E-state index < -0.39 is 10.7 Å². The number of nitro benzene ring substituents is 1. The first-order chi connectivity index (χ1) is 14.5. The molecule has 1 heterocycles. The molecule has 0 bridgehead atoms. The molecule has 1 aliphatic rings. The van der Waals surface area contributed by atoms with Crippen LogP contribution in [-0.2, 0) is 4.79 Å². The van der Waals surface area contributed by atoms with Gasteiger partial charge in [0.25, 0.3) is 0 Å². The van der Waals surface area contributed by atoms with Crippen LogP contribution in [0.15, 0.2) is 66.7 Å². The maximum atomic E-state index is 13.2. The highest BCUT2D eigenvalue weighted by atomic mass is 16.6. The Morgan fingerprint density at radius 1 is 0.967 bits per heavy atom. The third-order valence-corrected chi connectivity index (χ3v) is 4.89. The van der Waals surface area contributed by atoms with Crippen molar-refractivity contribution in [3.8, 4) is 5.75 Å². The van der Waals surface area contributed by atoms with Gasteiger partial charge in [0.2, 0.25) is 5.91 Å². The summed E-state index contributed by atoms with van der Waals surface area (Å²) in [7, 11) is 0. The molecule has 0 aliphatic carbocycles. The molecule has 3 aromatic rings. The van der Waals surface area contributed by atoms with E-state index in [-0.39, 0.29) is 24.6 Å². The van der Waals surface area contributed by atoms with Crippen LogP contribution in [0.25, 0.3) is 12.2 Å². The zero-order valence-corrected chi connectivity index (χ0v) is 16.0. The zero-order valence-electron chi connectivity index (χ0n) is 16.0. The van der Waals surface area contributed by atoms with Gasteiger partial charge < -0.3 is 10.4 Å². The Balaban J connectivity index is 1.55. The number of anilines is 3. The van der Waals surface area contributed by atoms with Gasteiger partial charge in [0, 0.05) is 24.7 Å². The molecule has 0 saturated heterocycles. The minimum atomic E-state index is -0.649. The van der Waals surface area contributed by atoms with Gasteiger partial charge in [-0.05, 0) is 35.4 Å². The van der Waals surface area contributed by atoms with E-state index in [0.29, 0.717) is 5.69 Å². The van der Waals surface area contributed by atoms with Gasteiger partial charge in [-0.25, -0.2) is 0 Å². The highest BCUT2D eigenvalue weighted by Gasteiger charge is 2.23. The molecule has 1 amide bonds. The zero-order chi connectivity index (χ0) is 21.1. The fraction of sp³-hybridized carbons (Fsp3) is 0.0870. The normalized spacial score (nSPS) is 11.9. The van der Waals surface area contributed by atoms with E-state index in [4.69, 9.17) is 0 Å². The number of amides is 1. The third-order valence-electron chi connectivity index (χ3n) is 4.89. The molecule has 7 heteroatoms. The molecule has 150 valence electrons. The number of phenols is 1. The Bertz CT molecular complexity index is 1110. The van der Waals surface area contributed by atoms with Crippen molar-refractivity contribution in [1.82, 2.24) is 0 Å². The fourth-order valence-electron chi connectivity index (χ4n) is 3.45. The molecule has 3 aromatic carbocycles. The summed E-state index contributed by atoms with van der Waals surface area (Å²) in [5, 5.41) is 23.6. The molecule has 7 nitrogen and oxygen atoms in total. The maximum Gasteiger partial charge on any atom is 0.312 e.